The number of hydrazone groups is 1. The first-order valence-electron chi connectivity index (χ1n) is 9.60. The third-order valence-electron chi connectivity index (χ3n) is 4.31. The highest BCUT2D eigenvalue weighted by atomic mass is 16.5. The van der Waals surface area contributed by atoms with Crippen molar-refractivity contribution in [3.05, 3.63) is 101 Å². The van der Waals surface area contributed by atoms with Crippen LogP contribution in [0.4, 0.5) is 0 Å². The minimum atomic E-state index is -0.680. The van der Waals surface area contributed by atoms with Crippen molar-refractivity contribution in [1.82, 2.24) is 10.9 Å². The zero-order valence-electron chi connectivity index (χ0n) is 16.9. The molecule has 0 aliphatic heterocycles. The van der Waals surface area contributed by atoms with Crippen LogP contribution in [0.25, 0.3) is 6.08 Å². The lowest BCUT2D eigenvalue weighted by Gasteiger charge is -2.08. The molecule has 4 N–H and O–H groups in total. The first kappa shape index (κ1) is 22.3. The minimum Gasteiger partial charge on any atom is -0.507 e. The van der Waals surface area contributed by atoms with E-state index in [2.05, 4.69) is 10.5 Å². The molecule has 0 aliphatic rings. The Morgan fingerprint density at radius 1 is 1.00 bits per heavy atom. The van der Waals surface area contributed by atoms with Crippen LogP contribution in [0.5, 0.6) is 11.5 Å². The molecule has 0 atom stereocenters. The van der Waals surface area contributed by atoms with Gasteiger partial charge in [0.2, 0.25) is 0 Å². The zero-order valence-corrected chi connectivity index (χ0v) is 16.9. The predicted molar refractivity (Wildman–Crippen MR) is 119 cm³/mol. The monoisotopic (exact) mass is 431 g/mol. The highest BCUT2D eigenvalue weighted by Gasteiger charge is 2.06. The SMILES string of the molecule is O=C(C=Cc1cccc(C(=O)NN=Cc2ccc(OCc3ccccc3)cc2O)c1)NO. The van der Waals surface area contributed by atoms with Crippen molar-refractivity contribution in [2.75, 3.05) is 0 Å². The fraction of sp³-hybridized carbons (Fsp3) is 0.0417. The topological polar surface area (TPSA) is 120 Å². The van der Waals surface area contributed by atoms with E-state index in [1.807, 2.05) is 30.3 Å². The number of carbonyl (C=O) groups is 2. The number of phenols is 1. The van der Waals surface area contributed by atoms with Crippen LogP contribution >= 0.6 is 0 Å². The predicted octanol–water partition coefficient (Wildman–Crippen LogP) is 3.25. The third-order valence-corrected chi connectivity index (χ3v) is 4.31. The Hall–Kier alpha value is -4.43. The number of benzene rings is 3. The minimum absolute atomic E-state index is 0.0390. The van der Waals surface area contributed by atoms with Crippen LogP contribution in [0.2, 0.25) is 0 Å². The van der Waals surface area contributed by atoms with Gasteiger partial charge in [0.15, 0.2) is 0 Å². The number of phenolic OH excluding ortho intramolecular Hbond substituents is 1. The summed E-state index contributed by atoms with van der Waals surface area (Å²) in [5.41, 5.74) is 6.20. The Kier molecular flexibility index (Phi) is 7.72. The molecule has 0 unspecified atom stereocenters. The summed E-state index contributed by atoms with van der Waals surface area (Å²) in [6.07, 6.45) is 3.90. The van der Waals surface area contributed by atoms with E-state index in [1.54, 1.807) is 36.4 Å². The fourth-order valence-corrected chi connectivity index (χ4v) is 2.68. The van der Waals surface area contributed by atoms with Crippen molar-refractivity contribution in [3.8, 4) is 11.5 Å². The summed E-state index contributed by atoms with van der Waals surface area (Å²) < 4.78 is 5.66. The van der Waals surface area contributed by atoms with Gasteiger partial charge in [-0.2, -0.15) is 5.10 Å². The fourth-order valence-electron chi connectivity index (χ4n) is 2.68. The van der Waals surface area contributed by atoms with E-state index in [9.17, 15) is 14.7 Å². The first-order valence-corrected chi connectivity index (χ1v) is 9.60. The van der Waals surface area contributed by atoms with Gasteiger partial charge >= 0.3 is 0 Å². The number of hydrogen-bond acceptors (Lipinski definition) is 6. The molecule has 0 saturated heterocycles. The Bertz CT molecular complexity index is 1140. The maximum Gasteiger partial charge on any atom is 0.271 e. The number of nitrogens with zero attached hydrogens (tertiary/aromatic N) is 1. The van der Waals surface area contributed by atoms with E-state index in [-0.39, 0.29) is 5.75 Å². The van der Waals surface area contributed by atoms with Crippen molar-refractivity contribution in [3.63, 3.8) is 0 Å². The lowest BCUT2D eigenvalue weighted by atomic mass is 10.1. The summed E-state index contributed by atoms with van der Waals surface area (Å²) in [6.45, 7) is 0.378. The van der Waals surface area contributed by atoms with Crippen LogP contribution in [0.3, 0.4) is 0 Å². The lowest BCUT2D eigenvalue weighted by molar-refractivity contribution is -0.124. The van der Waals surface area contributed by atoms with Gasteiger partial charge in [0.1, 0.15) is 18.1 Å². The molecular formula is C24H21N3O5. The van der Waals surface area contributed by atoms with Crippen molar-refractivity contribution in [1.29, 1.82) is 0 Å². The largest absolute Gasteiger partial charge is 0.507 e. The number of ether oxygens (including phenoxy) is 1. The number of nitrogens with one attached hydrogen (secondary N) is 2. The standard InChI is InChI=1S/C24H21N3O5/c28-22-14-21(32-16-18-5-2-1-3-6-18)11-10-20(22)15-25-26-24(30)19-8-4-7-17(13-19)9-12-23(29)27-31/h1-15,28,31H,16H2,(H,26,30)(H,27,29). The Morgan fingerprint density at radius 3 is 2.56 bits per heavy atom. The molecule has 0 aliphatic carbocycles. The van der Waals surface area contributed by atoms with Crippen molar-refractivity contribution in [2.45, 2.75) is 6.61 Å². The Labute approximate surface area is 184 Å². The van der Waals surface area contributed by atoms with E-state index >= 15 is 0 Å². The summed E-state index contributed by atoms with van der Waals surface area (Å²) >= 11 is 0. The van der Waals surface area contributed by atoms with Gasteiger partial charge in [-0.15, -0.1) is 0 Å². The molecule has 0 radical (unpaired) electrons. The highest BCUT2D eigenvalue weighted by molar-refractivity contribution is 5.96. The molecule has 2 amide bonds. The molecular weight excluding hydrogens is 410 g/mol. The van der Waals surface area contributed by atoms with Gasteiger partial charge in [-0.1, -0.05) is 42.5 Å². The summed E-state index contributed by atoms with van der Waals surface area (Å²) in [6, 6.07) is 21.0. The molecule has 3 aromatic rings. The summed E-state index contributed by atoms with van der Waals surface area (Å²) in [7, 11) is 0. The van der Waals surface area contributed by atoms with Crippen LogP contribution in [-0.2, 0) is 11.4 Å². The van der Waals surface area contributed by atoms with Gasteiger partial charge < -0.3 is 9.84 Å². The number of carbonyl (C=O) groups excluding carboxylic acids is 2. The van der Waals surface area contributed by atoms with E-state index in [1.165, 1.54) is 23.8 Å². The molecule has 8 nitrogen and oxygen atoms in total. The van der Waals surface area contributed by atoms with Gasteiger partial charge in [-0.3, -0.25) is 14.8 Å². The summed E-state index contributed by atoms with van der Waals surface area (Å²) in [5, 5.41) is 22.6. The van der Waals surface area contributed by atoms with E-state index < -0.39 is 11.8 Å². The Morgan fingerprint density at radius 2 is 1.81 bits per heavy atom. The molecule has 0 bridgehead atoms. The molecule has 3 rings (SSSR count). The molecule has 32 heavy (non-hydrogen) atoms. The zero-order chi connectivity index (χ0) is 22.8. The second-order valence-corrected chi connectivity index (χ2v) is 6.63. The summed E-state index contributed by atoms with van der Waals surface area (Å²) in [5.74, 6) is -0.679. The van der Waals surface area contributed by atoms with Crippen molar-refractivity contribution in [2.24, 2.45) is 5.10 Å². The van der Waals surface area contributed by atoms with E-state index in [0.29, 0.717) is 29.0 Å². The maximum atomic E-state index is 12.3. The van der Waals surface area contributed by atoms with Gasteiger partial charge in [0, 0.05) is 23.3 Å². The number of hydroxylamine groups is 1. The van der Waals surface area contributed by atoms with Gasteiger partial charge in [0.05, 0.1) is 6.21 Å². The smallest absolute Gasteiger partial charge is 0.271 e. The molecule has 0 heterocycles. The maximum absolute atomic E-state index is 12.3. The third kappa shape index (κ3) is 6.54. The second-order valence-electron chi connectivity index (χ2n) is 6.63. The van der Waals surface area contributed by atoms with Crippen LogP contribution in [0.1, 0.15) is 27.0 Å². The van der Waals surface area contributed by atoms with Gasteiger partial charge in [-0.05, 0) is 41.5 Å². The molecule has 0 fully saturated rings. The number of hydrogen-bond donors (Lipinski definition) is 4. The molecule has 0 aromatic heterocycles. The first-order chi connectivity index (χ1) is 15.5. The van der Waals surface area contributed by atoms with Crippen LogP contribution < -0.4 is 15.6 Å². The molecule has 0 saturated carbocycles. The van der Waals surface area contributed by atoms with Crippen LogP contribution in [-0.4, -0.2) is 28.3 Å². The average molecular weight is 431 g/mol. The Balaban J connectivity index is 1.58. The normalized spacial score (nSPS) is 10.9. The average Bonchev–Trinajstić information content (AvgIpc) is 2.83. The van der Waals surface area contributed by atoms with Gasteiger partial charge in [-0.25, -0.2) is 10.9 Å². The lowest BCUT2D eigenvalue weighted by Crippen LogP contribution is -2.17. The van der Waals surface area contributed by atoms with Gasteiger partial charge in [0.25, 0.3) is 11.8 Å². The van der Waals surface area contributed by atoms with Crippen LogP contribution in [0.15, 0.2) is 84.0 Å². The number of rotatable bonds is 8. The number of aromatic hydroxyl groups is 1. The number of amides is 2. The molecule has 3 aromatic carbocycles. The van der Waals surface area contributed by atoms with Crippen molar-refractivity contribution < 1.29 is 24.6 Å². The quantitative estimate of drug-likeness (QED) is 0.189. The molecule has 162 valence electrons. The highest BCUT2D eigenvalue weighted by Crippen LogP contribution is 2.23. The van der Waals surface area contributed by atoms with E-state index in [4.69, 9.17) is 9.94 Å². The van der Waals surface area contributed by atoms with E-state index in [0.717, 1.165) is 11.6 Å². The second kappa shape index (κ2) is 11.1. The molecule has 8 heteroatoms. The summed E-state index contributed by atoms with van der Waals surface area (Å²) in [4.78, 5) is 23.3. The van der Waals surface area contributed by atoms with Crippen molar-refractivity contribution >= 4 is 24.1 Å². The van der Waals surface area contributed by atoms with Crippen LogP contribution in [0, 0.1) is 0 Å². The molecule has 0 spiro atoms.